The highest BCUT2D eigenvalue weighted by molar-refractivity contribution is 6.31. The van der Waals surface area contributed by atoms with Crippen LogP contribution in [0.25, 0.3) is 0 Å². The highest BCUT2D eigenvalue weighted by atomic mass is 35.5. The fourth-order valence-corrected chi connectivity index (χ4v) is 2.25. The van der Waals surface area contributed by atoms with Gasteiger partial charge in [0.2, 0.25) is 0 Å². The van der Waals surface area contributed by atoms with Gasteiger partial charge < -0.3 is 5.73 Å². The molecule has 0 saturated heterocycles. The van der Waals surface area contributed by atoms with E-state index in [-0.39, 0.29) is 16.4 Å². The van der Waals surface area contributed by atoms with Gasteiger partial charge >= 0.3 is 5.54 Å². The average molecular weight is 314 g/mol. The van der Waals surface area contributed by atoms with Crippen LogP contribution in [0.2, 0.25) is 5.02 Å². The average Bonchev–Trinajstić information content (AvgIpc) is 2.41. The standard InChI is InChI=1S/C12H13ClFN5O2/c1-6-2-3-8(13)7(9(6)14)4-12(19(20)21)5-17-11(16)18-10(12)15/h2-3,5,11H,4,16H2,1H3,(H2,15,18). The molecule has 0 fully saturated rings. The van der Waals surface area contributed by atoms with Crippen LogP contribution in [-0.4, -0.2) is 28.8 Å². The Kier molecular flexibility index (Phi) is 3.93. The van der Waals surface area contributed by atoms with Crippen LogP contribution < -0.4 is 11.5 Å². The number of aryl methyl sites for hydroxylation is 1. The zero-order chi connectivity index (χ0) is 15.8. The number of nitrogens with zero attached hydrogens (tertiary/aromatic N) is 3. The third kappa shape index (κ3) is 2.59. The summed E-state index contributed by atoms with van der Waals surface area (Å²) >= 11 is 5.95. The van der Waals surface area contributed by atoms with Crippen molar-refractivity contribution in [1.82, 2.24) is 0 Å². The maximum absolute atomic E-state index is 14.2. The second-order valence-electron chi connectivity index (χ2n) is 4.72. The fourth-order valence-electron chi connectivity index (χ4n) is 2.04. The largest absolute Gasteiger partial charge is 0.381 e. The highest BCUT2D eigenvalue weighted by Gasteiger charge is 2.49. The van der Waals surface area contributed by atoms with E-state index < -0.39 is 29.0 Å². The van der Waals surface area contributed by atoms with Gasteiger partial charge in [0.1, 0.15) is 5.82 Å². The number of nitrogens with two attached hydrogens (primary N) is 2. The quantitative estimate of drug-likeness (QED) is 0.639. The number of hydrogen-bond acceptors (Lipinski definition) is 6. The molecule has 21 heavy (non-hydrogen) atoms. The van der Waals surface area contributed by atoms with E-state index in [1.165, 1.54) is 19.1 Å². The third-order valence-corrected chi connectivity index (χ3v) is 3.66. The smallest absolute Gasteiger partial charge is 0.316 e. The molecule has 1 aromatic rings. The Morgan fingerprint density at radius 3 is 2.81 bits per heavy atom. The number of nitro groups is 1. The van der Waals surface area contributed by atoms with Crippen LogP contribution in [0.4, 0.5) is 4.39 Å². The van der Waals surface area contributed by atoms with Crippen molar-refractivity contribution >= 4 is 23.7 Å². The molecule has 2 unspecified atom stereocenters. The van der Waals surface area contributed by atoms with Crippen molar-refractivity contribution in [3.63, 3.8) is 0 Å². The Labute approximate surface area is 124 Å². The van der Waals surface area contributed by atoms with Crippen LogP contribution in [0.5, 0.6) is 0 Å². The van der Waals surface area contributed by atoms with E-state index in [4.69, 9.17) is 23.1 Å². The summed E-state index contributed by atoms with van der Waals surface area (Å²) in [4.78, 5) is 18.2. The van der Waals surface area contributed by atoms with Gasteiger partial charge in [0.15, 0.2) is 12.1 Å². The molecule has 0 aromatic heterocycles. The predicted octanol–water partition coefficient (Wildman–Crippen LogP) is 1.03. The topological polar surface area (TPSA) is 120 Å². The Morgan fingerprint density at radius 1 is 1.57 bits per heavy atom. The zero-order valence-corrected chi connectivity index (χ0v) is 11.8. The Bertz CT molecular complexity index is 663. The number of amidine groups is 1. The number of halogens is 2. The summed E-state index contributed by atoms with van der Waals surface area (Å²) in [6.45, 7) is 1.54. The molecule has 0 aliphatic carbocycles. The van der Waals surface area contributed by atoms with Crippen LogP contribution in [0, 0.1) is 22.9 Å². The summed E-state index contributed by atoms with van der Waals surface area (Å²) in [6, 6.07) is 2.96. The number of rotatable bonds is 3. The Morgan fingerprint density at radius 2 is 2.24 bits per heavy atom. The summed E-state index contributed by atoms with van der Waals surface area (Å²) in [7, 11) is 0. The number of benzene rings is 1. The maximum atomic E-state index is 14.2. The molecule has 0 bridgehead atoms. The first-order valence-corrected chi connectivity index (χ1v) is 6.37. The summed E-state index contributed by atoms with van der Waals surface area (Å²) in [6.07, 6.45) is -0.383. The zero-order valence-electron chi connectivity index (χ0n) is 11.1. The summed E-state index contributed by atoms with van der Waals surface area (Å²) in [5.74, 6) is -0.938. The van der Waals surface area contributed by atoms with Gasteiger partial charge in [0, 0.05) is 15.5 Å². The fraction of sp³-hybridized carbons (Fsp3) is 0.333. The van der Waals surface area contributed by atoms with E-state index in [9.17, 15) is 14.5 Å². The van der Waals surface area contributed by atoms with Gasteiger partial charge in [-0.15, -0.1) is 0 Å². The lowest BCUT2D eigenvalue weighted by molar-refractivity contribution is -0.524. The molecule has 2 atom stereocenters. The highest BCUT2D eigenvalue weighted by Crippen LogP contribution is 2.28. The SMILES string of the molecule is Cc1ccc(Cl)c(CC2([N+](=O)[O-])C=NC(N)N=C2N)c1F. The molecule has 0 saturated carbocycles. The maximum Gasteiger partial charge on any atom is 0.316 e. The molecular formula is C12H13ClFN5O2. The van der Waals surface area contributed by atoms with Crippen molar-refractivity contribution in [2.24, 2.45) is 21.5 Å². The lowest BCUT2D eigenvalue weighted by Crippen LogP contribution is -2.56. The minimum absolute atomic E-state index is 0.00608. The van der Waals surface area contributed by atoms with Crippen molar-refractivity contribution in [2.75, 3.05) is 0 Å². The van der Waals surface area contributed by atoms with E-state index >= 15 is 0 Å². The Hall–Kier alpha value is -2.06. The lowest BCUT2D eigenvalue weighted by atomic mass is 9.89. The molecule has 1 aliphatic heterocycles. The molecule has 1 aliphatic rings. The molecule has 4 N–H and O–H groups in total. The first kappa shape index (κ1) is 15.3. The Balaban J connectivity index is 2.54. The van der Waals surface area contributed by atoms with Crippen molar-refractivity contribution in [1.29, 1.82) is 0 Å². The molecular weight excluding hydrogens is 301 g/mol. The molecule has 0 radical (unpaired) electrons. The predicted molar refractivity (Wildman–Crippen MR) is 77.7 cm³/mol. The van der Waals surface area contributed by atoms with Gasteiger partial charge in [-0.2, -0.15) is 0 Å². The van der Waals surface area contributed by atoms with Gasteiger partial charge in [-0.1, -0.05) is 17.7 Å². The van der Waals surface area contributed by atoms with Crippen molar-refractivity contribution in [3.05, 3.63) is 44.2 Å². The van der Waals surface area contributed by atoms with E-state index in [1.807, 2.05) is 0 Å². The van der Waals surface area contributed by atoms with Gasteiger partial charge in [0.05, 0.1) is 12.6 Å². The normalized spacial score (nSPS) is 24.8. The minimum Gasteiger partial charge on any atom is -0.381 e. The summed E-state index contributed by atoms with van der Waals surface area (Å²) in [5, 5.41) is 11.5. The van der Waals surface area contributed by atoms with Gasteiger partial charge in [-0.05, 0) is 18.6 Å². The minimum atomic E-state index is -1.95. The van der Waals surface area contributed by atoms with Crippen LogP contribution in [0.15, 0.2) is 22.1 Å². The monoisotopic (exact) mass is 313 g/mol. The first-order chi connectivity index (χ1) is 9.78. The summed E-state index contributed by atoms with van der Waals surface area (Å²) < 4.78 is 14.2. The third-order valence-electron chi connectivity index (χ3n) is 3.31. The molecule has 1 heterocycles. The number of hydrogen-bond donors (Lipinski definition) is 2. The van der Waals surface area contributed by atoms with Crippen molar-refractivity contribution < 1.29 is 9.31 Å². The van der Waals surface area contributed by atoms with Crippen LogP contribution in [-0.2, 0) is 6.42 Å². The van der Waals surface area contributed by atoms with Crippen molar-refractivity contribution in [2.45, 2.75) is 25.2 Å². The lowest BCUT2D eigenvalue weighted by Gasteiger charge is -2.25. The molecule has 0 amide bonds. The van der Waals surface area contributed by atoms with E-state index in [0.29, 0.717) is 5.56 Å². The summed E-state index contributed by atoms with van der Waals surface area (Å²) in [5.41, 5.74) is 9.47. The van der Waals surface area contributed by atoms with Crippen LogP contribution in [0.3, 0.4) is 0 Å². The molecule has 7 nitrogen and oxygen atoms in total. The first-order valence-electron chi connectivity index (χ1n) is 5.99. The molecule has 0 spiro atoms. The molecule has 1 aromatic carbocycles. The van der Waals surface area contributed by atoms with E-state index in [2.05, 4.69) is 9.98 Å². The van der Waals surface area contributed by atoms with Gasteiger partial charge in [-0.3, -0.25) is 15.8 Å². The molecule has 9 heteroatoms. The van der Waals surface area contributed by atoms with Crippen molar-refractivity contribution in [3.8, 4) is 0 Å². The van der Waals surface area contributed by atoms with E-state index in [0.717, 1.165) is 6.21 Å². The number of aliphatic imine (C=N–C) groups is 2. The molecule has 2 rings (SSSR count). The van der Waals surface area contributed by atoms with E-state index in [1.54, 1.807) is 0 Å². The van der Waals surface area contributed by atoms with Gasteiger partial charge in [0.25, 0.3) is 0 Å². The van der Waals surface area contributed by atoms with Gasteiger partial charge in [-0.25, -0.2) is 14.4 Å². The second-order valence-corrected chi connectivity index (χ2v) is 5.13. The second kappa shape index (κ2) is 5.38. The van der Waals surface area contributed by atoms with Crippen LogP contribution >= 0.6 is 11.6 Å². The van der Waals surface area contributed by atoms with Crippen LogP contribution in [0.1, 0.15) is 11.1 Å². The molecule has 112 valence electrons.